The van der Waals surface area contributed by atoms with Crippen molar-refractivity contribution < 1.29 is 4.74 Å². The average molecular weight is 293 g/mol. The van der Waals surface area contributed by atoms with Crippen LogP contribution < -0.4 is 21.5 Å². The third kappa shape index (κ3) is 3.33. The zero-order valence-electron chi connectivity index (χ0n) is 12.4. The van der Waals surface area contributed by atoms with Crippen LogP contribution in [0.15, 0.2) is 0 Å². The van der Waals surface area contributed by atoms with Gasteiger partial charge in [-0.1, -0.05) is 0 Å². The van der Waals surface area contributed by atoms with Crippen molar-refractivity contribution in [3.8, 4) is 0 Å². The number of nitrogen functional groups attached to an aromatic ring is 1. The summed E-state index contributed by atoms with van der Waals surface area (Å²) < 4.78 is 5.56. The van der Waals surface area contributed by atoms with Crippen LogP contribution in [0.4, 0.5) is 17.8 Å². The van der Waals surface area contributed by atoms with Crippen LogP contribution in [0.1, 0.15) is 32.6 Å². The highest BCUT2D eigenvalue weighted by molar-refractivity contribution is 5.44. The minimum absolute atomic E-state index is 0.361. The maximum Gasteiger partial charge on any atom is 0.243 e. The fourth-order valence-corrected chi connectivity index (χ4v) is 2.79. The van der Waals surface area contributed by atoms with Crippen LogP contribution in [0.3, 0.4) is 0 Å². The molecular weight excluding hydrogens is 270 g/mol. The molecule has 1 aliphatic heterocycles. The smallest absolute Gasteiger partial charge is 0.243 e. The van der Waals surface area contributed by atoms with Gasteiger partial charge < -0.3 is 15.0 Å². The Hall–Kier alpha value is -1.67. The molecule has 4 N–H and O–H groups in total. The molecule has 1 aromatic rings. The Morgan fingerprint density at radius 1 is 1.19 bits per heavy atom. The topological polar surface area (TPSA) is 101 Å². The minimum atomic E-state index is 0.361. The largest absolute Gasteiger partial charge is 0.378 e. The van der Waals surface area contributed by atoms with E-state index in [0.717, 1.165) is 32.5 Å². The van der Waals surface area contributed by atoms with E-state index in [-0.39, 0.29) is 0 Å². The molecule has 0 aromatic carbocycles. The molecule has 1 saturated carbocycles. The Morgan fingerprint density at radius 3 is 2.57 bits per heavy atom. The Kier molecular flexibility index (Phi) is 4.35. The van der Waals surface area contributed by atoms with Crippen molar-refractivity contribution >= 4 is 17.8 Å². The van der Waals surface area contributed by atoms with Gasteiger partial charge >= 0.3 is 0 Å². The lowest BCUT2D eigenvalue weighted by Gasteiger charge is -2.35. The highest BCUT2D eigenvalue weighted by atomic mass is 16.5. The van der Waals surface area contributed by atoms with Crippen LogP contribution in [0.25, 0.3) is 0 Å². The standard InChI is InChI=1S/C13H23N7O/c1-2-21-10-7-9(8-10)15-11-16-12(19-14)18-13(17-11)20-5-3-4-6-20/h9-10H,2-8,14H2,1H3,(H2,15,16,17,18,19). The summed E-state index contributed by atoms with van der Waals surface area (Å²) >= 11 is 0. The molecule has 1 aliphatic carbocycles. The van der Waals surface area contributed by atoms with Crippen LogP contribution >= 0.6 is 0 Å². The first-order valence-electron chi connectivity index (χ1n) is 7.64. The van der Waals surface area contributed by atoms with Gasteiger partial charge in [-0.25, -0.2) is 5.84 Å². The number of nitrogens with one attached hydrogen (secondary N) is 2. The average Bonchev–Trinajstić information content (AvgIpc) is 2.99. The lowest BCUT2D eigenvalue weighted by atomic mass is 9.89. The number of ether oxygens (including phenoxy) is 1. The molecule has 0 radical (unpaired) electrons. The molecule has 1 saturated heterocycles. The van der Waals surface area contributed by atoms with E-state index in [0.29, 0.717) is 30.0 Å². The van der Waals surface area contributed by atoms with E-state index in [1.807, 2.05) is 6.92 Å². The first-order valence-corrected chi connectivity index (χ1v) is 7.64. The fraction of sp³-hybridized carbons (Fsp3) is 0.769. The predicted molar refractivity (Wildman–Crippen MR) is 81.1 cm³/mol. The maximum absolute atomic E-state index is 5.56. The zero-order chi connectivity index (χ0) is 14.7. The number of nitrogens with two attached hydrogens (primary N) is 1. The number of nitrogens with zero attached hydrogens (tertiary/aromatic N) is 4. The zero-order valence-corrected chi connectivity index (χ0v) is 12.4. The van der Waals surface area contributed by atoms with Crippen molar-refractivity contribution in [1.29, 1.82) is 0 Å². The lowest BCUT2D eigenvalue weighted by molar-refractivity contribution is 0.00285. The van der Waals surface area contributed by atoms with E-state index < -0.39 is 0 Å². The summed E-state index contributed by atoms with van der Waals surface area (Å²) in [7, 11) is 0. The summed E-state index contributed by atoms with van der Waals surface area (Å²) in [4.78, 5) is 15.3. The van der Waals surface area contributed by atoms with Crippen LogP contribution in [0.2, 0.25) is 0 Å². The van der Waals surface area contributed by atoms with Crippen molar-refractivity contribution in [3.63, 3.8) is 0 Å². The molecule has 0 amide bonds. The van der Waals surface area contributed by atoms with E-state index in [4.69, 9.17) is 10.6 Å². The highest BCUT2D eigenvalue weighted by Crippen LogP contribution is 2.26. The minimum Gasteiger partial charge on any atom is -0.378 e. The molecule has 2 aliphatic rings. The molecule has 1 aromatic heterocycles. The summed E-state index contributed by atoms with van der Waals surface area (Å²) in [6.07, 6.45) is 4.70. The SMILES string of the molecule is CCOC1CC(Nc2nc(NN)nc(N3CCCC3)n2)C1. The highest BCUT2D eigenvalue weighted by Gasteiger charge is 2.30. The Labute approximate surface area is 124 Å². The second-order valence-corrected chi connectivity index (χ2v) is 5.51. The van der Waals surface area contributed by atoms with E-state index in [1.165, 1.54) is 12.8 Å². The number of rotatable bonds is 6. The van der Waals surface area contributed by atoms with Crippen LogP contribution in [0.5, 0.6) is 0 Å². The van der Waals surface area contributed by atoms with Gasteiger partial charge in [-0.15, -0.1) is 0 Å². The molecule has 2 fully saturated rings. The lowest BCUT2D eigenvalue weighted by Crippen LogP contribution is -2.41. The number of hydrazine groups is 1. The van der Waals surface area contributed by atoms with Crippen molar-refractivity contribution in [3.05, 3.63) is 0 Å². The van der Waals surface area contributed by atoms with Gasteiger partial charge in [0.2, 0.25) is 17.8 Å². The molecule has 3 rings (SSSR count). The first-order chi connectivity index (χ1) is 10.3. The van der Waals surface area contributed by atoms with Crippen LogP contribution in [-0.4, -0.2) is 46.8 Å². The number of aromatic nitrogens is 3. The fourth-order valence-electron chi connectivity index (χ4n) is 2.79. The Morgan fingerprint density at radius 2 is 1.90 bits per heavy atom. The number of hydrogen-bond acceptors (Lipinski definition) is 8. The van der Waals surface area contributed by atoms with Gasteiger partial charge in [-0.3, -0.25) is 5.43 Å². The number of hydrogen-bond donors (Lipinski definition) is 3. The van der Waals surface area contributed by atoms with E-state index in [1.54, 1.807) is 0 Å². The summed E-state index contributed by atoms with van der Waals surface area (Å²) in [6.45, 7) is 4.77. The van der Waals surface area contributed by atoms with E-state index in [2.05, 4.69) is 30.6 Å². The molecule has 2 heterocycles. The monoisotopic (exact) mass is 293 g/mol. The molecule has 0 unspecified atom stereocenters. The van der Waals surface area contributed by atoms with Gasteiger partial charge in [0.15, 0.2) is 0 Å². The Balaban J connectivity index is 1.65. The van der Waals surface area contributed by atoms with Crippen LogP contribution in [0, 0.1) is 0 Å². The van der Waals surface area contributed by atoms with Gasteiger partial charge in [0.05, 0.1) is 6.10 Å². The predicted octanol–water partition coefficient (Wildman–Crippen LogP) is 0.737. The molecular formula is C13H23N7O. The van der Waals surface area contributed by atoms with Gasteiger partial charge in [0.25, 0.3) is 0 Å². The van der Waals surface area contributed by atoms with Gasteiger partial charge in [-0.05, 0) is 32.6 Å². The van der Waals surface area contributed by atoms with Gasteiger partial charge in [-0.2, -0.15) is 15.0 Å². The Bertz CT molecular complexity index is 472. The summed E-state index contributed by atoms with van der Waals surface area (Å²) in [5.41, 5.74) is 2.52. The van der Waals surface area contributed by atoms with E-state index >= 15 is 0 Å². The molecule has 116 valence electrons. The third-order valence-electron chi connectivity index (χ3n) is 3.97. The quantitative estimate of drug-likeness (QED) is 0.521. The van der Waals surface area contributed by atoms with Crippen LogP contribution in [-0.2, 0) is 4.74 Å². The molecule has 8 heteroatoms. The molecule has 0 atom stereocenters. The normalized spacial score (nSPS) is 24.8. The van der Waals surface area contributed by atoms with Gasteiger partial charge in [0.1, 0.15) is 0 Å². The summed E-state index contributed by atoms with van der Waals surface area (Å²) in [5, 5.41) is 3.34. The molecule has 8 nitrogen and oxygen atoms in total. The third-order valence-corrected chi connectivity index (χ3v) is 3.97. The van der Waals surface area contributed by atoms with Crippen molar-refractivity contribution in [1.82, 2.24) is 15.0 Å². The number of anilines is 3. The maximum atomic E-state index is 5.56. The van der Waals surface area contributed by atoms with Crippen molar-refractivity contribution in [2.24, 2.45) is 5.84 Å². The summed E-state index contributed by atoms with van der Waals surface area (Å²) in [5.74, 6) is 7.13. The molecule has 21 heavy (non-hydrogen) atoms. The second-order valence-electron chi connectivity index (χ2n) is 5.51. The van der Waals surface area contributed by atoms with Gasteiger partial charge in [0, 0.05) is 25.7 Å². The van der Waals surface area contributed by atoms with E-state index in [9.17, 15) is 0 Å². The van der Waals surface area contributed by atoms with Crippen molar-refractivity contribution in [2.75, 3.05) is 35.3 Å². The molecule has 0 spiro atoms. The summed E-state index contributed by atoms with van der Waals surface area (Å²) in [6, 6.07) is 0.362. The second kappa shape index (κ2) is 6.40. The molecule has 0 bridgehead atoms. The van der Waals surface area contributed by atoms with Crippen molar-refractivity contribution in [2.45, 2.75) is 44.8 Å². The first kappa shape index (κ1) is 14.3.